The minimum absolute atomic E-state index is 0.0280. The van der Waals surface area contributed by atoms with Crippen molar-refractivity contribution >= 4 is 31.3 Å². The molecule has 1 aromatic heterocycles. The van der Waals surface area contributed by atoms with Crippen molar-refractivity contribution in [2.75, 3.05) is 5.32 Å². The molecule has 2 aromatic rings. The van der Waals surface area contributed by atoms with Crippen molar-refractivity contribution < 1.29 is 13.2 Å². The Kier molecular flexibility index (Phi) is 4.24. The predicted octanol–water partition coefficient (Wildman–Crippen LogP) is 2.27. The molecule has 0 aliphatic carbocycles. The van der Waals surface area contributed by atoms with Crippen LogP contribution in [0.25, 0.3) is 0 Å². The molecule has 0 radical (unpaired) electrons. The highest BCUT2D eigenvalue weighted by Gasteiger charge is 2.13. The second-order valence-corrected chi connectivity index (χ2v) is 6.97. The van der Waals surface area contributed by atoms with E-state index >= 15 is 0 Å². The maximum atomic E-state index is 12.1. The van der Waals surface area contributed by atoms with Gasteiger partial charge in [0.25, 0.3) is 15.0 Å². The lowest BCUT2D eigenvalue weighted by atomic mass is 10.2. The summed E-state index contributed by atoms with van der Waals surface area (Å²) in [6, 6.07) is 7.20. The summed E-state index contributed by atoms with van der Waals surface area (Å²) in [7, 11) is 1.45. The van der Waals surface area contributed by atoms with Gasteiger partial charge in [-0.25, -0.2) is 8.42 Å². The summed E-state index contributed by atoms with van der Waals surface area (Å²) >= 11 is 0. The first-order chi connectivity index (χ1) is 9.77. The quantitative estimate of drug-likeness (QED) is 0.874. The van der Waals surface area contributed by atoms with Crippen molar-refractivity contribution in [1.82, 2.24) is 10.2 Å². The van der Waals surface area contributed by atoms with E-state index in [2.05, 4.69) is 15.5 Å². The van der Waals surface area contributed by atoms with Crippen molar-refractivity contribution in [2.24, 2.45) is 0 Å². The van der Waals surface area contributed by atoms with E-state index in [9.17, 15) is 13.2 Å². The van der Waals surface area contributed by atoms with E-state index in [-0.39, 0.29) is 10.8 Å². The molecule has 0 fully saturated rings. The number of hydrogen-bond donors (Lipinski definition) is 1. The summed E-state index contributed by atoms with van der Waals surface area (Å²) < 4.78 is 22.3. The van der Waals surface area contributed by atoms with Crippen LogP contribution in [0.4, 0.5) is 5.69 Å². The third kappa shape index (κ3) is 3.77. The predicted molar refractivity (Wildman–Crippen MR) is 78.9 cm³/mol. The van der Waals surface area contributed by atoms with Crippen LogP contribution in [0, 0.1) is 13.8 Å². The van der Waals surface area contributed by atoms with Gasteiger partial charge in [-0.1, -0.05) is 0 Å². The third-order valence-corrected chi connectivity index (χ3v) is 4.11. The highest BCUT2D eigenvalue weighted by atomic mass is 35.7. The molecule has 1 amide bonds. The van der Waals surface area contributed by atoms with Crippen molar-refractivity contribution in [3.8, 4) is 0 Å². The van der Waals surface area contributed by atoms with Gasteiger partial charge in [0.15, 0.2) is 0 Å². The Hall–Kier alpha value is -1.99. The fourth-order valence-electron chi connectivity index (χ4n) is 1.68. The minimum atomic E-state index is -3.77. The van der Waals surface area contributed by atoms with E-state index < -0.39 is 9.05 Å². The number of halogens is 1. The molecule has 1 N–H and O–H groups in total. The van der Waals surface area contributed by atoms with Crippen LogP contribution in [0.3, 0.4) is 0 Å². The number of nitrogens with zero attached hydrogens (tertiary/aromatic N) is 2. The molecule has 110 valence electrons. The summed E-state index contributed by atoms with van der Waals surface area (Å²) in [5.74, 6) is -0.341. The van der Waals surface area contributed by atoms with E-state index in [1.54, 1.807) is 19.9 Å². The van der Waals surface area contributed by atoms with E-state index in [0.717, 1.165) is 0 Å². The standard InChI is InChI=1S/C13H12ClN3O3S/c1-8-7-12(9(2)17-16-8)13(18)15-10-3-5-11(6-4-10)21(14,19)20/h3-7H,1-2H3,(H,15,18). The second-order valence-electron chi connectivity index (χ2n) is 4.40. The highest BCUT2D eigenvalue weighted by Crippen LogP contribution is 2.18. The van der Waals surface area contributed by atoms with Gasteiger partial charge in [0.05, 0.1) is 21.8 Å². The molecule has 0 saturated heterocycles. The fraction of sp³-hybridized carbons (Fsp3) is 0.154. The number of amides is 1. The molecule has 0 saturated carbocycles. The first-order valence-electron chi connectivity index (χ1n) is 5.94. The molecule has 0 aliphatic rings. The molecular weight excluding hydrogens is 314 g/mol. The molecule has 6 nitrogen and oxygen atoms in total. The third-order valence-electron chi connectivity index (χ3n) is 2.74. The van der Waals surface area contributed by atoms with Gasteiger partial charge in [-0.05, 0) is 44.2 Å². The first kappa shape index (κ1) is 15.4. The normalized spacial score (nSPS) is 11.2. The first-order valence-corrected chi connectivity index (χ1v) is 8.25. The molecule has 0 spiro atoms. The Morgan fingerprint density at radius 2 is 1.76 bits per heavy atom. The SMILES string of the molecule is Cc1cc(C(=O)Nc2ccc(S(=O)(=O)Cl)cc2)c(C)nn1. The summed E-state index contributed by atoms with van der Waals surface area (Å²) in [6.45, 7) is 3.42. The Morgan fingerprint density at radius 3 is 2.33 bits per heavy atom. The van der Waals surface area contributed by atoms with Crippen molar-refractivity contribution in [2.45, 2.75) is 18.7 Å². The number of anilines is 1. The van der Waals surface area contributed by atoms with Crippen LogP contribution >= 0.6 is 10.7 Å². The van der Waals surface area contributed by atoms with Gasteiger partial charge in [0.2, 0.25) is 0 Å². The summed E-state index contributed by atoms with van der Waals surface area (Å²) in [6.07, 6.45) is 0. The monoisotopic (exact) mass is 325 g/mol. The van der Waals surface area contributed by atoms with Crippen LogP contribution < -0.4 is 5.32 Å². The zero-order valence-electron chi connectivity index (χ0n) is 11.3. The van der Waals surface area contributed by atoms with Crippen LogP contribution in [0.15, 0.2) is 35.2 Å². The van der Waals surface area contributed by atoms with Gasteiger partial charge >= 0.3 is 0 Å². The maximum Gasteiger partial charge on any atom is 0.261 e. The van der Waals surface area contributed by atoms with Crippen LogP contribution in [-0.4, -0.2) is 24.5 Å². The number of carbonyl (C=O) groups excluding carboxylic acids is 1. The fourth-order valence-corrected chi connectivity index (χ4v) is 2.45. The molecular formula is C13H12ClN3O3S. The number of rotatable bonds is 3. The van der Waals surface area contributed by atoms with Gasteiger partial charge < -0.3 is 5.32 Å². The number of aromatic nitrogens is 2. The van der Waals surface area contributed by atoms with Crippen LogP contribution in [0.5, 0.6) is 0 Å². The molecule has 0 unspecified atom stereocenters. The summed E-state index contributed by atoms with van der Waals surface area (Å²) in [5, 5.41) is 10.4. The van der Waals surface area contributed by atoms with Crippen LogP contribution in [0.2, 0.25) is 0 Å². The lowest BCUT2D eigenvalue weighted by Crippen LogP contribution is -2.15. The molecule has 1 aromatic carbocycles. The van der Waals surface area contributed by atoms with Crippen LogP contribution in [-0.2, 0) is 9.05 Å². The lowest BCUT2D eigenvalue weighted by Gasteiger charge is -2.07. The maximum absolute atomic E-state index is 12.1. The molecule has 2 rings (SSSR count). The Morgan fingerprint density at radius 1 is 1.14 bits per heavy atom. The van der Waals surface area contributed by atoms with Gasteiger partial charge in [-0.3, -0.25) is 4.79 Å². The molecule has 0 atom stereocenters. The Bertz CT molecular complexity index is 789. The Balaban J connectivity index is 2.22. The number of aryl methyl sites for hydroxylation is 2. The van der Waals surface area contributed by atoms with E-state index in [4.69, 9.17) is 10.7 Å². The minimum Gasteiger partial charge on any atom is -0.322 e. The van der Waals surface area contributed by atoms with Crippen LogP contribution in [0.1, 0.15) is 21.7 Å². The van der Waals surface area contributed by atoms with Gasteiger partial charge in [-0.15, -0.1) is 0 Å². The highest BCUT2D eigenvalue weighted by molar-refractivity contribution is 8.13. The second kappa shape index (κ2) is 5.79. The molecule has 1 heterocycles. The molecule has 21 heavy (non-hydrogen) atoms. The van der Waals surface area contributed by atoms with Crippen molar-refractivity contribution in [3.63, 3.8) is 0 Å². The Labute approximate surface area is 126 Å². The lowest BCUT2D eigenvalue weighted by molar-refractivity contribution is 0.102. The van der Waals surface area contributed by atoms with E-state index in [1.807, 2.05) is 0 Å². The summed E-state index contributed by atoms with van der Waals surface area (Å²) in [4.78, 5) is 12.1. The zero-order valence-corrected chi connectivity index (χ0v) is 12.9. The molecule has 0 aliphatic heterocycles. The van der Waals surface area contributed by atoms with Crippen molar-refractivity contribution in [3.05, 3.63) is 47.3 Å². The largest absolute Gasteiger partial charge is 0.322 e. The smallest absolute Gasteiger partial charge is 0.261 e. The number of nitrogens with one attached hydrogen (secondary N) is 1. The van der Waals surface area contributed by atoms with E-state index in [1.165, 1.54) is 24.3 Å². The number of benzene rings is 1. The summed E-state index contributed by atoms with van der Waals surface area (Å²) in [5.41, 5.74) is 2.02. The number of carbonyl (C=O) groups is 1. The molecule has 0 bridgehead atoms. The van der Waals surface area contributed by atoms with Gasteiger partial charge in [-0.2, -0.15) is 10.2 Å². The number of hydrogen-bond acceptors (Lipinski definition) is 5. The average molecular weight is 326 g/mol. The van der Waals surface area contributed by atoms with Gasteiger partial charge in [0.1, 0.15) is 0 Å². The molecule has 8 heteroatoms. The topological polar surface area (TPSA) is 89.0 Å². The van der Waals surface area contributed by atoms with E-state index in [0.29, 0.717) is 22.6 Å². The van der Waals surface area contributed by atoms with Gasteiger partial charge in [0, 0.05) is 16.4 Å². The zero-order chi connectivity index (χ0) is 15.6. The van der Waals surface area contributed by atoms with Crippen molar-refractivity contribution in [1.29, 1.82) is 0 Å². The average Bonchev–Trinajstić information content (AvgIpc) is 2.41.